The van der Waals surface area contributed by atoms with Gasteiger partial charge < -0.3 is 5.73 Å². The summed E-state index contributed by atoms with van der Waals surface area (Å²) in [6.07, 6.45) is 0. The second-order valence-electron chi connectivity index (χ2n) is 5.16. The van der Waals surface area contributed by atoms with Gasteiger partial charge in [0.25, 0.3) is 0 Å². The van der Waals surface area contributed by atoms with Gasteiger partial charge in [-0.2, -0.15) is 0 Å². The summed E-state index contributed by atoms with van der Waals surface area (Å²) in [5.74, 6) is -0.434. The van der Waals surface area contributed by atoms with Gasteiger partial charge in [0.15, 0.2) is 19.7 Å². The van der Waals surface area contributed by atoms with Crippen LogP contribution < -0.4 is 5.73 Å². The van der Waals surface area contributed by atoms with Crippen LogP contribution in [0.2, 0.25) is 0 Å². The molecule has 2 N–H and O–H groups in total. The predicted octanol–water partition coefficient (Wildman–Crippen LogP) is 1.87. The Morgan fingerprint density at radius 3 is 2.30 bits per heavy atom. The molecule has 0 radical (unpaired) electrons. The first-order valence-electron chi connectivity index (χ1n) is 6.71. The van der Waals surface area contributed by atoms with E-state index in [1.54, 1.807) is 30.3 Å². The van der Waals surface area contributed by atoms with Crippen LogP contribution in [-0.2, 0) is 26.2 Å². The minimum atomic E-state index is -3.79. The third-order valence-corrected chi connectivity index (χ3v) is 7.94. The van der Waals surface area contributed by atoms with E-state index in [0.717, 1.165) is 0 Å². The van der Waals surface area contributed by atoms with Crippen molar-refractivity contribution in [2.75, 3.05) is 5.75 Å². The number of nitrogens with two attached hydrogens (primary N) is 1. The second kappa shape index (κ2) is 6.24. The molecule has 23 heavy (non-hydrogen) atoms. The molecule has 1 atom stereocenters. The minimum Gasteiger partial charge on any atom is -0.326 e. The Hall–Kier alpha value is -1.41. The lowest BCUT2D eigenvalue weighted by Crippen LogP contribution is -2.17. The maximum Gasteiger partial charge on any atom is 0.186 e. The van der Waals surface area contributed by atoms with Crippen LogP contribution in [0.25, 0.3) is 0 Å². The van der Waals surface area contributed by atoms with Gasteiger partial charge in [-0.1, -0.05) is 30.3 Å². The molecule has 0 fully saturated rings. The lowest BCUT2D eigenvalue weighted by Gasteiger charge is -2.14. The molecule has 0 spiro atoms. The molecule has 0 saturated heterocycles. The maximum atomic E-state index is 12.8. The summed E-state index contributed by atoms with van der Waals surface area (Å²) in [6.45, 7) is 0.0967. The monoisotopic (exact) mass is 373 g/mol. The standard InChI is InChI=1S/C15H15NO4S2.ClH/c16-9-11-5-4-8-13-15(11)14(10-21(13,17)18)22(19,20)12-6-2-1-3-7-12;/h1-8,14H,9-10,16H2;1H. The van der Waals surface area contributed by atoms with Gasteiger partial charge in [-0.3, -0.25) is 0 Å². The van der Waals surface area contributed by atoms with Crippen LogP contribution in [0, 0.1) is 0 Å². The van der Waals surface area contributed by atoms with Crippen LogP contribution in [0.1, 0.15) is 16.4 Å². The van der Waals surface area contributed by atoms with Crippen LogP contribution >= 0.6 is 12.4 Å². The van der Waals surface area contributed by atoms with Crippen molar-refractivity contribution in [3.8, 4) is 0 Å². The summed E-state index contributed by atoms with van der Waals surface area (Å²) < 4.78 is 50.3. The Labute approximate surface area is 141 Å². The third-order valence-electron chi connectivity index (χ3n) is 3.85. The van der Waals surface area contributed by atoms with E-state index in [9.17, 15) is 16.8 Å². The van der Waals surface area contributed by atoms with Gasteiger partial charge >= 0.3 is 0 Å². The Balaban J connectivity index is 0.00000192. The summed E-state index contributed by atoms with van der Waals surface area (Å²) >= 11 is 0. The van der Waals surface area contributed by atoms with Crippen LogP contribution in [0.3, 0.4) is 0 Å². The van der Waals surface area contributed by atoms with E-state index < -0.39 is 30.7 Å². The summed E-state index contributed by atoms with van der Waals surface area (Å²) in [4.78, 5) is 0.204. The van der Waals surface area contributed by atoms with Gasteiger partial charge in [0.1, 0.15) is 5.25 Å². The molecular weight excluding hydrogens is 358 g/mol. The molecule has 8 heteroatoms. The SMILES string of the molecule is Cl.NCc1cccc2c1C(S(=O)(=O)c1ccccc1)CS2(=O)=O. The van der Waals surface area contributed by atoms with Crippen molar-refractivity contribution in [3.63, 3.8) is 0 Å². The quantitative estimate of drug-likeness (QED) is 0.886. The Bertz CT molecular complexity index is 925. The fourth-order valence-electron chi connectivity index (χ4n) is 2.80. The van der Waals surface area contributed by atoms with Crippen LogP contribution in [0.4, 0.5) is 0 Å². The molecule has 0 bridgehead atoms. The van der Waals surface area contributed by atoms with Gasteiger partial charge in [-0.25, -0.2) is 16.8 Å². The van der Waals surface area contributed by atoms with Crippen molar-refractivity contribution in [1.82, 2.24) is 0 Å². The van der Waals surface area contributed by atoms with Gasteiger partial charge in [-0.15, -0.1) is 12.4 Å². The zero-order valence-corrected chi connectivity index (χ0v) is 14.5. The van der Waals surface area contributed by atoms with E-state index in [0.29, 0.717) is 11.1 Å². The van der Waals surface area contributed by atoms with E-state index in [2.05, 4.69) is 0 Å². The van der Waals surface area contributed by atoms with Crippen LogP contribution in [0.5, 0.6) is 0 Å². The Kier molecular flexibility index (Phi) is 4.86. The number of halogens is 1. The smallest absolute Gasteiger partial charge is 0.186 e. The first kappa shape index (κ1) is 17.9. The summed E-state index contributed by atoms with van der Waals surface area (Å²) in [5, 5.41) is -1.10. The highest BCUT2D eigenvalue weighted by Crippen LogP contribution is 2.42. The molecule has 124 valence electrons. The highest BCUT2D eigenvalue weighted by Gasteiger charge is 2.44. The zero-order valence-electron chi connectivity index (χ0n) is 12.0. The molecular formula is C15H16ClNO4S2. The lowest BCUT2D eigenvalue weighted by molar-refractivity contribution is 0.582. The molecule has 2 aromatic rings. The molecule has 0 aromatic heterocycles. The molecule has 0 amide bonds. The van der Waals surface area contributed by atoms with Crippen molar-refractivity contribution in [2.24, 2.45) is 5.73 Å². The number of hydrogen-bond donors (Lipinski definition) is 1. The van der Waals surface area contributed by atoms with E-state index in [4.69, 9.17) is 5.73 Å². The molecule has 3 rings (SSSR count). The topological polar surface area (TPSA) is 94.3 Å². The first-order valence-corrected chi connectivity index (χ1v) is 9.91. The van der Waals surface area contributed by atoms with Crippen LogP contribution in [0.15, 0.2) is 58.3 Å². The molecule has 0 saturated carbocycles. The molecule has 1 aliphatic rings. The largest absolute Gasteiger partial charge is 0.326 e. The van der Waals surface area contributed by atoms with Gasteiger partial charge in [0.2, 0.25) is 0 Å². The van der Waals surface area contributed by atoms with Crippen molar-refractivity contribution >= 4 is 32.1 Å². The minimum absolute atomic E-state index is 0. The normalized spacial score (nSPS) is 18.9. The fourth-order valence-corrected chi connectivity index (χ4v) is 7.22. The van der Waals surface area contributed by atoms with E-state index in [-0.39, 0.29) is 28.7 Å². The molecule has 1 heterocycles. The average molecular weight is 374 g/mol. The highest BCUT2D eigenvalue weighted by molar-refractivity contribution is 7.96. The van der Waals surface area contributed by atoms with E-state index in [1.165, 1.54) is 18.2 Å². The summed E-state index contributed by atoms with van der Waals surface area (Å²) in [7, 11) is -7.40. The number of hydrogen-bond acceptors (Lipinski definition) is 5. The molecule has 1 unspecified atom stereocenters. The molecule has 5 nitrogen and oxygen atoms in total. The summed E-state index contributed by atoms with van der Waals surface area (Å²) in [6, 6.07) is 12.6. The van der Waals surface area contributed by atoms with E-state index >= 15 is 0 Å². The molecule has 0 aliphatic carbocycles. The molecule has 1 aliphatic heterocycles. The van der Waals surface area contributed by atoms with Crippen molar-refractivity contribution in [3.05, 3.63) is 59.7 Å². The molecule has 2 aromatic carbocycles. The van der Waals surface area contributed by atoms with Crippen molar-refractivity contribution in [1.29, 1.82) is 0 Å². The summed E-state index contributed by atoms with van der Waals surface area (Å²) in [5.41, 5.74) is 6.55. The predicted molar refractivity (Wildman–Crippen MR) is 90.0 cm³/mol. The Morgan fingerprint density at radius 1 is 1.04 bits per heavy atom. The van der Waals surface area contributed by atoms with Gasteiger partial charge in [0.05, 0.1) is 15.5 Å². The zero-order chi connectivity index (χ0) is 16.0. The lowest BCUT2D eigenvalue weighted by atomic mass is 10.1. The average Bonchev–Trinajstić information content (AvgIpc) is 2.81. The number of fused-ring (bicyclic) bond motifs is 1. The van der Waals surface area contributed by atoms with Crippen molar-refractivity contribution in [2.45, 2.75) is 21.6 Å². The van der Waals surface area contributed by atoms with Crippen molar-refractivity contribution < 1.29 is 16.8 Å². The van der Waals surface area contributed by atoms with Gasteiger partial charge in [0, 0.05) is 6.54 Å². The number of sulfone groups is 2. The van der Waals surface area contributed by atoms with Crippen LogP contribution in [-0.4, -0.2) is 22.6 Å². The number of benzene rings is 2. The van der Waals surface area contributed by atoms with E-state index in [1.807, 2.05) is 0 Å². The first-order chi connectivity index (χ1) is 10.4. The van der Waals surface area contributed by atoms with Gasteiger partial charge in [-0.05, 0) is 29.3 Å². The number of rotatable bonds is 3. The second-order valence-corrected chi connectivity index (χ2v) is 9.29. The highest BCUT2D eigenvalue weighted by atomic mass is 35.5. The Morgan fingerprint density at radius 2 is 1.70 bits per heavy atom. The fraction of sp³-hybridized carbons (Fsp3) is 0.200. The third kappa shape index (κ3) is 2.89. The maximum absolute atomic E-state index is 12.8.